The zero-order valence-electron chi connectivity index (χ0n) is 10.4. The van der Waals surface area contributed by atoms with Gasteiger partial charge in [0.25, 0.3) is 0 Å². The third kappa shape index (κ3) is 3.56. The number of benzene rings is 1. The summed E-state index contributed by atoms with van der Waals surface area (Å²) >= 11 is 0. The fraction of sp³-hybridized carbons (Fsp3) is 0.385. The number of hydrogen-bond donors (Lipinski definition) is 2. The molecule has 98 valence electrons. The molecule has 3 N–H and O–H groups in total. The summed E-state index contributed by atoms with van der Waals surface area (Å²) in [5.41, 5.74) is 5.98. The van der Waals surface area contributed by atoms with Crippen molar-refractivity contribution in [2.75, 3.05) is 0 Å². The first kappa shape index (κ1) is 14.2. The highest BCUT2D eigenvalue weighted by Crippen LogP contribution is 2.16. The third-order valence-corrected chi connectivity index (χ3v) is 2.48. The lowest BCUT2D eigenvalue weighted by atomic mass is 10.1. The van der Waals surface area contributed by atoms with Crippen LogP contribution in [-0.4, -0.2) is 29.0 Å². The maximum Gasteiger partial charge on any atom is 0.344 e. The van der Waals surface area contributed by atoms with Gasteiger partial charge >= 0.3 is 5.97 Å². The van der Waals surface area contributed by atoms with Gasteiger partial charge in [0.05, 0.1) is 6.04 Å². The Balaban J connectivity index is 2.77. The molecule has 2 atom stereocenters. The van der Waals surface area contributed by atoms with E-state index in [0.29, 0.717) is 17.7 Å². The lowest BCUT2D eigenvalue weighted by molar-refractivity contribution is -0.145. The van der Waals surface area contributed by atoms with E-state index in [1.807, 2.05) is 0 Å². The molecule has 0 bridgehead atoms. The minimum atomic E-state index is -1.01. The number of carboxylic acid groups (broad SMARTS) is 1. The fourth-order valence-corrected chi connectivity index (χ4v) is 1.43. The Kier molecular flexibility index (Phi) is 4.85. The molecule has 0 radical (unpaired) electrons. The van der Waals surface area contributed by atoms with Crippen LogP contribution in [0.4, 0.5) is 0 Å². The van der Waals surface area contributed by atoms with Crippen LogP contribution in [0.3, 0.4) is 0 Å². The van der Waals surface area contributed by atoms with E-state index in [1.165, 1.54) is 0 Å². The van der Waals surface area contributed by atoms with Gasteiger partial charge < -0.3 is 15.6 Å². The molecule has 1 rings (SSSR count). The lowest BCUT2D eigenvalue weighted by Crippen LogP contribution is -2.27. The van der Waals surface area contributed by atoms with Crippen LogP contribution in [0.15, 0.2) is 24.3 Å². The summed E-state index contributed by atoms with van der Waals surface area (Å²) < 4.78 is 5.28. The number of carbonyl (C=O) groups is 2. The van der Waals surface area contributed by atoms with Gasteiger partial charge in [-0.3, -0.25) is 4.79 Å². The van der Waals surface area contributed by atoms with Gasteiger partial charge in [0.1, 0.15) is 5.75 Å². The minimum Gasteiger partial charge on any atom is -0.479 e. The van der Waals surface area contributed by atoms with Crippen molar-refractivity contribution in [1.29, 1.82) is 0 Å². The van der Waals surface area contributed by atoms with E-state index in [4.69, 9.17) is 15.6 Å². The summed E-state index contributed by atoms with van der Waals surface area (Å²) in [5, 5.41) is 8.85. The van der Waals surface area contributed by atoms with E-state index in [-0.39, 0.29) is 5.78 Å². The smallest absolute Gasteiger partial charge is 0.344 e. The number of rotatable bonds is 6. The molecule has 0 fully saturated rings. The Hall–Kier alpha value is -1.88. The molecule has 18 heavy (non-hydrogen) atoms. The van der Waals surface area contributed by atoms with Gasteiger partial charge in [-0.05, 0) is 37.6 Å². The standard InChI is InChI=1S/C13H17NO4/c1-3-11(13(16)17)18-10-6-4-9(5-7-10)12(15)8(2)14/h4-8,11H,3,14H2,1-2H3,(H,16,17)/t8?,11-/m0/s1. The molecule has 0 aliphatic rings. The van der Waals surface area contributed by atoms with Crippen molar-refractivity contribution < 1.29 is 19.4 Å². The van der Waals surface area contributed by atoms with Crippen molar-refractivity contribution in [3.05, 3.63) is 29.8 Å². The second-order valence-electron chi connectivity index (χ2n) is 4.03. The molecule has 5 nitrogen and oxygen atoms in total. The Bertz CT molecular complexity index is 425. The zero-order chi connectivity index (χ0) is 13.7. The average Bonchev–Trinajstić information content (AvgIpc) is 2.35. The molecule has 0 aliphatic carbocycles. The van der Waals surface area contributed by atoms with Gasteiger partial charge in [0.2, 0.25) is 0 Å². The van der Waals surface area contributed by atoms with Gasteiger partial charge in [-0.25, -0.2) is 4.79 Å². The van der Waals surface area contributed by atoms with Crippen LogP contribution in [0.25, 0.3) is 0 Å². The Morgan fingerprint density at radius 2 is 1.89 bits per heavy atom. The van der Waals surface area contributed by atoms with Crippen LogP contribution in [0.2, 0.25) is 0 Å². The Labute approximate surface area is 106 Å². The molecule has 1 aromatic rings. The number of hydrogen-bond acceptors (Lipinski definition) is 4. The highest BCUT2D eigenvalue weighted by atomic mass is 16.5. The average molecular weight is 251 g/mol. The summed E-state index contributed by atoms with van der Waals surface area (Å²) in [5.74, 6) is -0.745. The van der Waals surface area contributed by atoms with Crippen molar-refractivity contribution in [2.24, 2.45) is 5.73 Å². The second kappa shape index (κ2) is 6.16. The number of ketones is 1. The lowest BCUT2D eigenvalue weighted by Gasteiger charge is -2.13. The Morgan fingerprint density at radius 3 is 2.28 bits per heavy atom. The molecule has 0 saturated heterocycles. The Morgan fingerprint density at radius 1 is 1.33 bits per heavy atom. The van der Waals surface area contributed by atoms with Crippen molar-refractivity contribution in [3.63, 3.8) is 0 Å². The molecule has 0 amide bonds. The maximum atomic E-state index is 11.6. The van der Waals surface area contributed by atoms with Gasteiger partial charge in [0.15, 0.2) is 11.9 Å². The molecular weight excluding hydrogens is 234 g/mol. The molecule has 1 unspecified atom stereocenters. The largest absolute Gasteiger partial charge is 0.479 e. The number of carboxylic acids is 1. The van der Waals surface area contributed by atoms with E-state index in [9.17, 15) is 9.59 Å². The van der Waals surface area contributed by atoms with E-state index < -0.39 is 18.1 Å². The number of nitrogens with two attached hydrogens (primary N) is 1. The summed E-state index contributed by atoms with van der Waals surface area (Å²) in [7, 11) is 0. The van der Waals surface area contributed by atoms with Crippen molar-refractivity contribution >= 4 is 11.8 Å². The SMILES string of the molecule is CC[C@H](Oc1ccc(C(=O)C(C)N)cc1)C(=O)O. The topological polar surface area (TPSA) is 89.6 Å². The van der Waals surface area contributed by atoms with E-state index >= 15 is 0 Å². The minimum absolute atomic E-state index is 0.160. The van der Waals surface area contributed by atoms with Crippen molar-refractivity contribution in [2.45, 2.75) is 32.4 Å². The molecule has 1 aromatic carbocycles. The van der Waals surface area contributed by atoms with Gasteiger partial charge in [-0.2, -0.15) is 0 Å². The molecule has 0 aromatic heterocycles. The predicted octanol–water partition coefficient (Wildman–Crippen LogP) is 1.46. The predicted molar refractivity (Wildman–Crippen MR) is 66.8 cm³/mol. The van der Waals surface area contributed by atoms with Crippen LogP contribution in [0.5, 0.6) is 5.75 Å². The van der Waals surface area contributed by atoms with E-state index in [2.05, 4.69) is 0 Å². The third-order valence-electron chi connectivity index (χ3n) is 2.48. The summed E-state index contributed by atoms with van der Waals surface area (Å²) in [4.78, 5) is 22.4. The van der Waals surface area contributed by atoms with Crippen molar-refractivity contribution in [1.82, 2.24) is 0 Å². The quantitative estimate of drug-likeness (QED) is 0.747. The highest BCUT2D eigenvalue weighted by Gasteiger charge is 2.17. The van der Waals surface area contributed by atoms with Crippen molar-refractivity contribution in [3.8, 4) is 5.75 Å². The second-order valence-corrected chi connectivity index (χ2v) is 4.03. The first-order valence-corrected chi connectivity index (χ1v) is 5.75. The number of ether oxygens (including phenoxy) is 1. The van der Waals surface area contributed by atoms with Gasteiger partial charge in [-0.1, -0.05) is 6.92 Å². The maximum absolute atomic E-state index is 11.6. The number of aliphatic carboxylic acids is 1. The molecular formula is C13H17NO4. The van der Waals surface area contributed by atoms with Crippen LogP contribution in [-0.2, 0) is 4.79 Å². The zero-order valence-corrected chi connectivity index (χ0v) is 10.4. The molecule has 0 saturated carbocycles. The first-order chi connectivity index (χ1) is 8.45. The molecule has 0 spiro atoms. The van der Waals surface area contributed by atoms with Crippen LogP contribution in [0.1, 0.15) is 30.6 Å². The monoisotopic (exact) mass is 251 g/mol. The molecule has 0 heterocycles. The summed E-state index contributed by atoms with van der Waals surface area (Å²) in [6.07, 6.45) is -0.504. The van der Waals surface area contributed by atoms with E-state index in [1.54, 1.807) is 38.1 Å². The highest BCUT2D eigenvalue weighted by molar-refractivity contribution is 5.99. The van der Waals surface area contributed by atoms with Crippen LogP contribution in [0, 0.1) is 0 Å². The van der Waals surface area contributed by atoms with Gasteiger partial charge in [0, 0.05) is 5.56 Å². The van der Waals surface area contributed by atoms with E-state index in [0.717, 1.165) is 0 Å². The number of carbonyl (C=O) groups excluding carboxylic acids is 1. The fourth-order valence-electron chi connectivity index (χ4n) is 1.43. The molecule has 0 aliphatic heterocycles. The van der Waals surface area contributed by atoms with Crippen LogP contribution >= 0.6 is 0 Å². The first-order valence-electron chi connectivity index (χ1n) is 5.75. The normalized spacial score (nSPS) is 13.7. The van der Waals surface area contributed by atoms with Crippen LogP contribution < -0.4 is 10.5 Å². The molecule has 5 heteroatoms. The summed E-state index contributed by atoms with van der Waals surface area (Å²) in [6.45, 7) is 3.34. The number of Topliss-reactive ketones (excluding diaryl/α,β-unsaturated/α-hetero) is 1. The van der Waals surface area contributed by atoms with Gasteiger partial charge in [-0.15, -0.1) is 0 Å². The summed E-state index contributed by atoms with van der Waals surface area (Å²) in [6, 6.07) is 5.74.